The number of nitrogens with zero attached hydrogens (tertiary/aromatic N) is 3. The van der Waals surface area contributed by atoms with Gasteiger partial charge in [-0.2, -0.15) is 4.31 Å². The maximum atomic E-state index is 13.0. The minimum atomic E-state index is -3.45. The van der Waals surface area contributed by atoms with Crippen LogP contribution >= 0.6 is 0 Å². The van der Waals surface area contributed by atoms with E-state index in [1.165, 1.54) is 11.1 Å². The average Bonchev–Trinajstić information content (AvgIpc) is 2.70. The van der Waals surface area contributed by atoms with Crippen molar-refractivity contribution in [2.24, 2.45) is 0 Å². The summed E-state index contributed by atoms with van der Waals surface area (Å²) in [6.07, 6.45) is 0.775. The summed E-state index contributed by atoms with van der Waals surface area (Å²) < 4.78 is 27.7. The van der Waals surface area contributed by atoms with Gasteiger partial charge in [0.15, 0.2) is 0 Å². The smallest absolute Gasteiger partial charge is 0.243 e. The van der Waals surface area contributed by atoms with E-state index < -0.39 is 10.0 Å². The van der Waals surface area contributed by atoms with E-state index in [-0.39, 0.29) is 0 Å². The second-order valence-electron chi connectivity index (χ2n) is 7.58. The molecule has 0 N–H and O–H groups in total. The first-order chi connectivity index (χ1) is 13.0. The van der Waals surface area contributed by atoms with E-state index in [4.69, 9.17) is 0 Å². The summed E-state index contributed by atoms with van der Waals surface area (Å²) in [5, 5.41) is 0. The number of hydrogen-bond acceptors (Lipinski definition) is 4. The number of likely N-dealkylation sites (N-methyl/N-ethyl adjacent to an activating group) is 1. The molecule has 2 aliphatic rings. The van der Waals surface area contributed by atoms with Crippen molar-refractivity contribution < 1.29 is 8.42 Å². The van der Waals surface area contributed by atoms with Crippen LogP contribution in [0.4, 0.5) is 0 Å². The third-order valence-corrected chi connectivity index (χ3v) is 7.52. The Balaban J connectivity index is 1.45. The molecule has 0 saturated carbocycles. The summed E-state index contributed by atoms with van der Waals surface area (Å²) in [7, 11) is -1.30. The molecule has 0 spiro atoms. The van der Waals surface area contributed by atoms with Crippen molar-refractivity contribution >= 4 is 10.0 Å². The molecule has 27 heavy (non-hydrogen) atoms. The second kappa shape index (κ2) is 7.72. The molecule has 2 aromatic rings. The third kappa shape index (κ3) is 4.09. The summed E-state index contributed by atoms with van der Waals surface area (Å²) in [6, 6.07) is 15.6. The standard InChI is InChI=1S/C21H27N3O2S/c1-22-12-14-23(15-13-22)16-18-6-8-21(9-7-18)27(25,26)24-11-10-19-4-2-3-5-20(19)17-24/h2-9H,10-17H2,1H3. The molecule has 0 unspecified atom stereocenters. The van der Waals surface area contributed by atoms with Crippen LogP contribution in [0.3, 0.4) is 0 Å². The lowest BCUT2D eigenvalue weighted by molar-refractivity contribution is 0.148. The molecule has 2 aliphatic heterocycles. The van der Waals surface area contributed by atoms with Crippen LogP contribution < -0.4 is 0 Å². The summed E-state index contributed by atoms with van der Waals surface area (Å²) >= 11 is 0. The van der Waals surface area contributed by atoms with Crippen LogP contribution in [0.15, 0.2) is 53.4 Å². The Morgan fingerprint density at radius 3 is 2.22 bits per heavy atom. The van der Waals surface area contributed by atoms with Crippen molar-refractivity contribution in [1.29, 1.82) is 0 Å². The van der Waals surface area contributed by atoms with Crippen molar-refractivity contribution in [2.45, 2.75) is 24.4 Å². The van der Waals surface area contributed by atoms with Gasteiger partial charge in [-0.15, -0.1) is 0 Å². The molecule has 0 aliphatic carbocycles. The first kappa shape index (κ1) is 18.6. The van der Waals surface area contributed by atoms with E-state index in [1.54, 1.807) is 16.4 Å². The maximum absolute atomic E-state index is 13.0. The van der Waals surface area contributed by atoms with Crippen LogP contribution in [0.25, 0.3) is 0 Å². The van der Waals surface area contributed by atoms with Gasteiger partial charge in [-0.05, 0) is 42.3 Å². The summed E-state index contributed by atoms with van der Waals surface area (Å²) in [5.41, 5.74) is 3.54. The van der Waals surface area contributed by atoms with E-state index >= 15 is 0 Å². The lowest BCUT2D eigenvalue weighted by Crippen LogP contribution is -2.43. The predicted octanol–water partition coefficient (Wildman–Crippen LogP) is 2.18. The highest BCUT2D eigenvalue weighted by Crippen LogP contribution is 2.25. The fourth-order valence-electron chi connectivity index (χ4n) is 3.86. The van der Waals surface area contributed by atoms with Gasteiger partial charge >= 0.3 is 0 Å². The lowest BCUT2D eigenvalue weighted by atomic mass is 10.0. The van der Waals surface area contributed by atoms with Crippen molar-refractivity contribution in [3.63, 3.8) is 0 Å². The van der Waals surface area contributed by atoms with Gasteiger partial charge in [0, 0.05) is 45.8 Å². The lowest BCUT2D eigenvalue weighted by Gasteiger charge is -2.32. The van der Waals surface area contributed by atoms with Crippen molar-refractivity contribution in [2.75, 3.05) is 39.8 Å². The highest BCUT2D eigenvalue weighted by molar-refractivity contribution is 7.89. The first-order valence-electron chi connectivity index (χ1n) is 9.59. The Morgan fingerprint density at radius 1 is 0.852 bits per heavy atom. The zero-order valence-corrected chi connectivity index (χ0v) is 16.7. The van der Waals surface area contributed by atoms with Gasteiger partial charge < -0.3 is 4.90 Å². The van der Waals surface area contributed by atoms with Crippen LogP contribution in [0.1, 0.15) is 16.7 Å². The molecule has 5 nitrogen and oxygen atoms in total. The Kier molecular flexibility index (Phi) is 5.32. The summed E-state index contributed by atoms with van der Waals surface area (Å²) in [6.45, 7) is 6.18. The molecule has 1 saturated heterocycles. The van der Waals surface area contributed by atoms with Crippen LogP contribution in [0, 0.1) is 0 Å². The molecule has 0 amide bonds. The molecule has 6 heteroatoms. The highest BCUT2D eigenvalue weighted by atomic mass is 32.2. The number of fused-ring (bicyclic) bond motifs is 1. The van der Waals surface area contributed by atoms with Crippen LogP contribution in [-0.4, -0.2) is 62.3 Å². The summed E-state index contributed by atoms with van der Waals surface area (Å²) in [5.74, 6) is 0. The highest BCUT2D eigenvalue weighted by Gasteiger charge is 2.28. The number of benzene rings is 2. The summed E-state index contributed by atoms with van der Waals surface area (Å²) in [4.78, 5) is 5.15. The predicted molar refractivity (Wildman–Crippen MR) is 107 cm³/mol. The number of rotatable bonds is 4. The molecule has 144 valence electrons. The van der Waals surface area contributed by atoms with Gasteiger partial charge in [0.1, 0.15) is 0 Å². The Hall–Kier alpha value is -1.73. The zero-order chi connectivity index (χ0) is 18.9. The second-order valence-corrected chi connectivity index (χ2v) is 9.52. The van der Waals surface area contributed by atoms with Crippen LogP contribution in [-0.2, 0) is 29.5 Å². The minimum Gasteiger partial charge on any atom is -0.304 e. The van der Waals surface area contributed by atoms with E-state index in [1.807, 2.05) is 30.3 Å². The molecule has 2 heterocycles. The van der Waals surface area contributed by atoms with E-state index in [9.17, 15) is 8.42 Å². The SMILES string of the molecule is CN1CCN(Cc2ccc(S(=O)(=O)N3CCc4ccccc4C3)cc2)CC1. The zero-order valence-electron chi connectivity index (χ0n) is 15.8. The molecule has 2 aromatic carbocycles. The van der Waals surface area contributed by atoms with Gasteiger partial charge in [-0.25, -0.2) is 8.42 Å². The normalized spacial score (nSPS) is 19.7. The molecular weight excluding hydrogens is 358 g/mol. The number of hydrogen-bond donors (Lipinski definition) is 0. The van der Waals surface area contributed by atoms with Crippen molar-refractivity contribution in [1.82, 2.24) is 14.1 Å². The monoisotopic (exact) mass is 385 g/mol. The third-order valence-electron chi connectivity index (χ3n) is 5.66. The van der Waals surface area contributed by atoms with Gasteiger partial charge in [0.25, 0.3) is 0 Å². The molecule has 0 atom stereocenters. The van der Waals surface area contributed by atoms with E-state index in [0.717, 1.165) is 44.7 Å². The molecular formula is C21H27N3O2S. The van der Waals surface area contributed by atoms with Crippen molar-refractivity contribution in [3.8, 4) is 0 Å². The van der Waals surface area contributed by atoms with E-state index in [0.29, 0.717) is 18.0 Å². The van der Waals surface area contributed by atoms with Crippen LogP contribution in [0.5, 0.6) is 0 Å². The molecule has 4 rings (SSSR count). The fourth-order valence-corrected chi connectivity index (χ4v) is 5.27. The fraction of sp³-hybridized carbons (Fsp3) is 0.429. The Bertz CT molecular complexity index is 888. The molecule has 1 fully saturated rings. The topological polar surface area (TPSA) is 43.9 Å². The van der Waals surface area contributed by atoms with Crippen LogP contribution in [0.2, 0.25) is 0 Å². The van der Waals surface area contributed by atoms with Gasteiger partial charge in [0.05, 0.1) is 4.90 Å². The number of sulfonamides is 1. The molecule has 0 bridgehead atoms. The van der Waals surface area contributed by atoms with Gasteiger partial charge in [-0.3, -0.25) is 4.90 Å². The quantitative estimate of drug-likeness (QED) is 0.809. The van der Waals surface area contributed by atoms with Gasteiger partial charge in [0.2, 0.25) is 10.0 Å². The number of piperazine rings is 1. The van der Waals surface area contributed by atoms with E-state index in [2.05, 4.69) is 22.9 Å². The van der Waals surface area contributed by atoms with Crippen molar-refractivity contribution in [3.05, 3.63) is 65.2 Å². The average molecular weight is 386 g/mol. The first-order valence-corrected chi connectivity index (χ1v) is 11.0. The maximum Gasteiger partial charge on any atom is 0.243 e. The molecule has 0 aromatic heterocycles. The Morgan fingerprint density at radius 2 is 1.52 bits per heavy atom. The largest absolute Gasteiger partial charge is 0.304 e. The Labute approximate surface area is 162 Å². The molecule has 0 radical (unpaired) electrons. The minimum absolute atomic E-state index is 0.393. The van der Waals surface area contributed by atoms with Gasteiger partial charge in [-0.1, -0.05) is 36.4 Å².